The summed E-state index contributed by atoms with van der Waals surface area (Å²) in [6.45, 7) is 7.04. The maximum absolute atomic E-state index is 13.1. The Kier molecular flexibility index (Phi) is 8.70. The second-order valence-electron chi connectivity index (χ2n) is 11.0. The van der Waals surface area contributed by atoms with Crippen molar-refractivity contribution < 1.29 is 9.59 Å². The van der Waals surface area contributed by atoms with Crippen LogP contribution in [0.4, 0.5) is 5.82 Å². The molecule has 0 bridgehead atoms. The Balaban J connectivity index is 1.24. The number of piperidine rings is 1. The molecule has 1 fully saturated rings. The molecule has 1 aliphatic heterocycles. The number of carbonyl (C=O) groups excluding carboxylic acids is 2. The molecular weight excluding hydrogens is 498 g/mol. The van der Waals surface area contributed by atoms with Crippen LogP contribution in [-0.2, 0) is 19.4 Å². The van der Waals surface area contributed by atoms with Gasteiger partial charge in [-0.3, -0.25) is 14.5 Å². The van der Waals surface area contributed by atoms with Crippen LogP contribution in [0.15, 0.2) is 54.7 Å². The second kappa shape index (κ2) is 12.6. The summed E-state index contributed by atoms with van der Waals surface area (Å²) in [6.07, 6.45) is 9.12. The van der Waals surface area contributed by atoms with Crippen molar-refractivity contribution in [1.82, 2.24) is 15.2 Å². The van der Waals surface area contributed by atoms with Crippen molar-refractivity contribution in [2.45, 2.75) is 71.4 Å². The maximum atomic E-state index is 13.1. The maximum Gasteiger partial charge on any atom is 0.257 e. The SMILES string of the molecule is CCc1cccc(C(C)=N)c1C(=O)Nc1ccc(C(=O)N[C@@H]2CCCc3cc(CN4CCCCC4)ccc32)cn1. The van der Waals surface area contributed by atoms with Crippen LogP contribution in [0.25, 0.3) is 0 Å². The lowest BCUT2D eigenvalue weighted by Crippen LogP contribution is -2.31. The van der Waals surface area contributed by atoms with Crippen LogP contribution < -0.4 is 10.6 Å². The molecule has 3 N–H and O–H groups in total. The predicted octanol–water partition coefficient (Wildman–Crippen LogP) is 6.08. The van der Waals surface area contributed by atoms with Gasteiger partial charge >= 0.3 is 0 Å². The Morgan fingerprint density at radius 3 is 2.58 bits per heavy atom. The molecule has 40 heavy (non-hydrogen) atoms. The van der Waals surface area contributed by atoms with Crippen LogP contribution in [0.5, 0.6) is 0 Å². The fourth-order valence-corrected chi connectivity index (χ4v) is 5.99. The van der Waals surface area contributed by atoms with Gasteiger partial charge in [-0.15, -0.1) is 0 Å². The van der Waals surface area contributed by atoms with Crippen LogP contribution in [0.1, 0.15) is 101 Å². The molecule has 208 valence electrons. The Labute approximate surface area is 236 Å². The molecule has 1 saturated heterocycles. The summed E-state index contributed by atoms with van der Waals surface area (Å²) in [6, 6.07) is 15.6. The van der Waals surface area contributed by atoms with E-state index in [9.17, 15) is 9.59 Å². The molecule has 2 amide bonds. The molecule has 0 unspecified atom stereocenters. The van der Waals surface area contributed by atoms with E-state index in [-0.39, 0.29) is 17.9 Å². The van der Waals surface area contributed by atoms with Crippen LogP contribution in [0.3, 0.4) is 0 Å². The summed E-state index contributed by atoms with van der Waals surface area (Å²) in [5.41, 5.74) is 6.69. The summed E-state index contributed by atoms with van der Waals surface area (Å²) >= 11 is 0. The number of aryl methyl sites for hydroxylation is 2. The fraction of sp³-hybridized carbons (Fsp3) is 0.394. The first-order valence-electron chi connectivity index (χ1n) is 14.5. The standard InChI is InChI=1S/C33H39N5O2/c1-3-24-9-7-11-27(22(2)34)31(24)33(40)37-30-16-14-26(20-35-30)32(39)36-29-12-8-10-25-19-23(13-15-28(25)29)21-38-17-5-4-6-18-38/h7,9,11,13-16,19-20,29,34H,3-6,8,10,12,17-18,21H2,1-2H3,(H,36,39)(H,35,37,40)/t29-/m1/s1. The van der Waals surface area contributed by atoms with Crippen molar-refractivity contribution in [2.24, 2.45) is 0 Å². The van der Waals surface area contributed by atoms with E-state index in [1.165, 1.54) is 55.2 Å². The average Bonchev–Trinajstić information content (AvgIpc) is 2.97. The Morgan fingerprint density at radius 1 is 1.02 bits per heavy atom. The highest BCUT2D eigenvalue weighted by Crippen LogP contribution is 2.31. The van der Waals surface area contributed by atoms with Gasteiger partial charge in [-0.05, 0) is 92.9 Å². The summed E-state index contributed by atoms with van der Waals surface area (Å²) < 4.78 is 0. The van der Waals surface area contributed by atoms with Crippen molar-refractivity contribution in [3.05, 3.63) is 93.7 Å². The number of pyridine rings is 1. The smallest absolute Gasteiger partial charge is 0.257 e. The van der Waals surface area contributed by atoms with E-state index in [2.05, 4.69) is 38.7 Å². The number of hydrogen-bond donors (Lipinski definition) is 3. The molecule has 0 saturated carbocycles. The van der Waals surface area contributed by atoms with Gasteiger partial charge in [-0.2, -0.15) is 0 Å². The Morgan fingerprint density at radius 2 is 1.85 bits per heavy atom. The summed E-state index contributed by atoms with van der Waals surface area (Å²) in [4.78, 5) is 33.2. The summed E-state index contributed by atoms with van der Waals surface area (Å²) in [5.74, 6) is -0.105. The van der Waals surface area contributed by atoms with Crippen molar-refractivity contribution >= 4 is 23.3 Å². The lowest BCUT2D eigenvalue weighted by atomic mass is 9.86. The van der Waals surface area contributed by atoms with Gasteiger partial charge in [0.25, 0.3) is 11.8 Å². The minimum Gasteiger partial charge on any atom is -0.345 e. The molecule has 1 aromatic heterocycles. The van der Waals surface area contributed by atoms with Crippen molar-refractivity contribution in [1.29, 1.82) is 5.41 Å². The van der Waals surface area contributed by atoms with E-state index in [1.54, 1.807) is 25.1 Å². The Bertz CT molecular complexity index is 1390. The zero-order chi connectivity index (χ0) is 28.1. The minimum absolute atomic E-state index is 0.0204. The molecule has 0 spiro atoms. The highest BCUT2D eigenvalue weighted by molar-refractivity contribution is 6.13. The molecule has 5 rings (SSSR count). The van der Waals surface area contributed by atoms with E-state index in [1.807, 2.05) is 19.1 Å². The van der Waals surface area contributed by atoms with Crippen LogP contribution >= 0.6 is 0 Å². The predicted molar refractivity (Wildman–Crippen MR) is 159 cm³/mol. The van der Waals surface area contributed by atoms with Gasteiger partial charge in [-0.1, -0.05) is 49.7 Å². The molecule has 2 aromatic carbocycles. The van der Waals surface area contributed by atoms with Gasteiger partial charge < -0.3 is 16.0 Å². The number of aromatic nitrogens is 1. The summed E-state index contributed by atoms with van der Waals surface area (Å²) in [5, 5.41) is 14.1. The monoisotopic (exact) mass is 537 g/mol. The first-order valence-corrected chi connectivity index (χ1v) is 14.5. The van der Waals surface area contributed by atoms with Crippen LogP contribution in [0.2, 0.25) is 0 Å². The van der Waals surface area contributed by atoms with Crippen molar-refractivity contribution in [3.8, 4) is 0 Å². The highest BCUT2D eigenvalue weighted by Gasteiger charge is 2.24. The zero-order valence-electron chi connectivity index (χ0n) is 23.6. The van der Waals surface area contributed by atoms with E-state index in [0.717, 1.165) is 31.4 Å². The fourth-order valence-electron chi connectivity index (χ4n) is 5.99. The van der Waals surface area contributed by atoms with E-state index in [0.29, 0.717) is 34.6 Å². The molecule has 0 radical (unpaired) electrons. The highest BCUT2D eigenvalue weighted by atomic mass is 16.2. The van der Waals surface area contributed by atoms with Crippen LogP contribution in [-0.4, -0.2) is 40.5 Å². The Hall–Kier alpha value is -3.84. The van der Waals surface area contributed by atoms with Gasteiger partial charge in [-0.25, -0.2) is 4.98 Å². The molecule has 7 nitrogen and oxygen atoms in total. The third-order valence-corrected chi connectivity index (χ3v) is 8.11. The third-order valence-electron chi connectivity index (χ3n) is 8.11. The van der Waals surface area contributed by atoms with E-state index in [4.69, 9.17) is 5.41 Å². The van der Waals surface area contributed by atoms with Crippen LogP contribution in [0, 0.1) is 5.41 Å². The van der Waals surface area contributed by atoms with E-state index >= 15 is 0 Å². The molecule has 1 aliphatic carbocycles. The number of carbonyl (C=O) groups is 2. The van der Waals surface area contributed by atoms with Gasteiger partial charge in [0.2, 0.25) is 0 Å². The van der Waals surface area contributed by atoms with Gasteiger partial charge in [0.1, 0.15) is 5.82 Å². The lowest BCUT2D eigenvalue weighted by molar-refractivity contribution is 0.0932. The lowest BCUT2D eigenvalue weighted by Gasteiger charge is -2.29. The van der Waals surface area contributed by atoms with E-state index < -0.39 is 0 Å². The second-order valence-corrected chi connectivity index (χ2v) is 11.0. The average molecular weight is 538 g/mol. The number of fused-ring (bicyclic) bond motifs is 1. The minimum atomic E-state index is -0.303. The molecule has 2 aliphatic rings. The van der Waals surface area contributed by atoms with Gasteiger partial charge in [0.05, 0.1) is 17.2 Å². The number of anilines is 1. The van der Waals surface area contributed by atoms with Crippen molar-refractivity contribution in [2.75, 3.05) is 18.4 Å². The first kappa shape index (κ1) is 27.7. The molecular formula is C33H39N5O2. The quantitative estimate of drug-likeness (QED) is 0.304. The van der Waals surface area contributed by atoms with Gasteiger partial charge in [0, 0.05) is 24.0 Å². The molecule has 3 aromatic rings. The number of rotatable bonds is 8. The number of nitrogens with zero attached hydrogens (tertiary/aromatic N) is 2. The summed E-state index contributed by atoms with van der Waals surface area (Å²) in [7, 11) is 0. The molecule has 1 atom stereocenters. The molecule has 7 heteroatoms. The zero-order valence-corrected chi connectivity index (χ0v) is 23.6. The third kappa shape index (κ3) is 6.31. The normalized spacial score (nSPS) is 17.1. The molecule has 2 heterocycles. The topological polar surface area (TPSA) is 98.2 Å². The first-order chi connectivity index (χ1) is 19.4. The number of likely N-dealkylation sites (tertiary alicyclic amines) is 1. The number of nitrogens with one attached hydrogen (secondary N) is 3. The largest absolute Gasteiger partial charge is 0.345 e. The van der Waals surface area contributed by atoms with Crippen molar-refractivity contribution in [3.63, 3.8) is 0 Å². The number of benzene rings is 2. The van der Waals surface area contributed by atoms with Gasteiger partial charge in [0.15, 0.2) is 0 Å². The number of hydrogen-bond acceptors (Lipinski definition) is 5. The number of amides is 2.